The van der Waals surface area contributed by atoms with Crippen LogP contribution in [0.4, 0.5) is 0 Å². The maximum Gasteiger partial charge on any atom is 0.269 e. The smallest absolute Gasteiger partial charge is 0.269 e. The molecule has 7 aromatic carbocycles. The zero-order valence-electron chi connectivity index (χ0n) is 41.7. The molecule has 0 unspecified atom stereocenters. The molecule has 344 valence electrons. The molecule has 0 amide bonds. The van der Waals surface area contributed by atoms with Crippen molar-refractivity contribution >= 4 is 21.8 Å². The topological polar surface area (TPSA) is 35.9 Å². The summed E-state index contributed by atoms with van der Waals surface area (Å²) in [5.74, 6) is 2.35. The van der Waals surface area contributed by atoms with Gasteiger partial charge < -0.3 is 4.74 Å². The van der Waals surface area contributed by atoms with Crippen molar-refractivity contribution in [2.75, 3.05) is 0 Å². The van der Waals surface area contributed by atoms with Crippen LogP contribution in [0.15, 0.2) is 194 Å². The van der Waals surface area contributed by atoms with Gasteiger partial charge in [-0.05, 0) is 110 Å². The Morgan fingerprint density at radius 2 is 1.06 bits per heavy atom. The average Bonchev–Trinajstić information content (AvgIpc) is 3.96. The quantitative estimate of drug-likeness (QED) is 0.101. The first-order valence-electron chi connectivity index (χ1n) is 24.2. The highest BCUT2D eigenvalue weighted by atomic mass is 16.5. The van der Waals surface area contributed by atoms with Gasteiger partial charge in [0.15, 0.2) is 0 Å². The Balaban J connectivity index is 1.13. The number of ether oxygens (including phenoxy) is 1. The second-order valence-electron chi connectivity index (χ2n) is 21.7. The molecule has 0 aliphatic heterocycles. The molecule has 0 fully saturated rings. The molecule has 10 aromatic rings. The molecule has 0 bridgehead atoms. The standard InChI is InChI=1S/C64H62N4O/c1-61(2,3)48-32-33-65-60(39-48)68-57-29-21-20-28-55(57)56-31-30-53(41-58(56)68)69-54-35-45(44-22-14-11-15-23-44)34-52(40-54)67-43-66(42-59(67)62(4,5)6)51-37-49(63(7,8)46-24-16-12-17-25-46)36-50(38-51)64(9,10)47-26-18-13-19-27-47/h11-42H,1-10H3. The lowest BCUT2D eigenvalue weighted by molar-refractivity contribution is -0.599. The predicted molar refractivity (Wildman–Crippen MR) is 285 cm³/mol. The third kappa shape index (κ3) is 8.67. The molecule has 0 saturated heterocycles. The SMILES string of the molecule is CC(C)(C)c1ccnc(-n2c3ccccc3c3ccc(Oc4cc(-c5ccccc5)cc(-n5[c-][n+](-c6cc(C(C)(C)c7ccccc7)cc(C(C)(C)c7ccccc7)c6)cc5C(C)(C)C)c4)cc32)c1. The molecule has 0 radical (unpaired) electrons. The lowest BCUT2D eigenvalue weighted by atomic mass is 9.73. The molecule has 3 heterocycles. The highest BCUT2D eigenvalue weighted by molar-refractivity contribution is 6.09. The third-order valence-corrected chi connectivity index (χ3v) is 14.1. The number of pyridine rings is 1. The lowest BCUT2D eigenvalue weighted by Gasteiger charge is -2.32. The first-order chi connectivity index (χ1) is 32.9. The molecule has 0 saturated carbocycles. The summed E-state index contributed by atoms with van der Waals surface area (Å²) in [5.41, 5.74) is 12.9. The monoisotopic (exact) mass is 902 g/mol. The molecule has 69 heavy (non-hydrogen) atoms. The molecule has 0 atom stereocenters. The van der Waals surface area contributed by atoms with Crippen LogP contribution in [0.2, 0.25) is 0 Å². The molecular weight excluding hydrogens is 841 g/mol. The fourth-order valence-corrected chi connectivity index (χ4v) is 9.72. The Labute approximate surface area is 408 Å². The summed E-state index contributed by atoms with van der Waals surface area (Å²) in [6, 6.07) is 65.2. The average molecular weight is 903 g/mol. The number of imidazole rings is 1. The molecule has 5 nitrogen and oxygen atoms in total. The zero-order valence-corrected chi connectivity index (χ0v) is 41.7. The maximum absolute atomic E-state index is 7.02. The molecule has 10 rings (SSSR count). The van der Waals surface area contributed by atoms with Gasteiger partial charge in [-0.15, -0.1) is 0 Å². The number of rotatable bonds is 10. The minimum atomic E-state index is -0.268. The maximum atomic E-state index is 7.02. The van der Waals surface area contributed by atoms with Crippen molar-refractivity contribution in [3.05, 3.63) is 234 Å². The highest BCUT2D eigenvalue weighted by Crippen LogP contribution is 2.40. The van der Waals surface area contributed by atoms with Crippen LogP contribution in [0.1, 0.15) is 103 Å². The normalized spacial score (nSPS) is 12.5. The Hall–Kier alpha value is -7.50. The van der Waals surface area contributed by atoms with E-state index in [0.29, 0.717) is 0 Å². The highest BCUT2D eigenvalue weighted by Gasteiger charge is 2.30. The Morgan fingerprint density at radius 3 is 1.68 bits per heavy atom. The van der Waals surface area contributed by atoms with Gasteiger partial charge in [-0.25, -0.2) is 4.98 Å². The van der Waals surface area contributed by atoms with E-state index >= 15 is 0 Å². The van der Waals surface area contributed by atoms with Crippen molar-refractivity contribution in [3.8, 4) is 39.8 Å². The van der Waals surface area contributed by atoms with Gasteiger partial charge in [-0.3, -0.25) is 13.7 Å². The van der Waals surface area contributed by atoms with Gasteiger partial charge in [-0.1, -0.05) is 184 Å². The lowest BCUT2D eigenvalue weighted by Crippen LogP contribution is -2.31. The van der Waals surface area contributed by atoms with E-state index in [1.165, 1.54) is 33.2 Å². The Kier molecular flexibility index (Phi) is 11.3. The second kappa shape index (κ2) is 17.2. The molecule has 0 aliphatic rings. The van der Waals surface area contributed by atoms with Crippen LogP contribution >= 0.6 is 0 Å². The van der Waals surface area contributed by atoms with E-state index in [1.807, 2.05) is 6.20 Å². The van der Waals surface area contributed by atoms with E-state index in [1.54, 1.807) is 0 Å². The van der Waals surface area contributed by atoms with Crippen LogP contribution in [-0.2, 0) is 21.7 Å². The van der Waals surface area contributed by atoms with E-state index in [-0.39, 0.29) is 21.7 Å². The van der Waals surface area contributed by atoms with Gasteiger partial charge >= 0.3 is 0 Å². The number of hydrogen-bond acceptors (Lipinski definition) is 2. The molecule has 0 aliphatic carbocycles. The van der Waals surface area contributed by atoms with Gasteiger partial charge in [0, 0.05) is 40.1 Å². The van der Waals surface area contributed by atoms with E-state index in [0.717, 1.165) is 61.9 Å². The van der Waals surface area contributed by atoms with Gasteiger partial charge in [0.1, 0.15) is 17.3 Å². The molecule has 3 aromatic heterocycles. The van der Waals surface area contributed by atoms with Gasteiger partial charge in [0.2, 0.25) is 0 Å². The zero-order chi connectivity index (χ0) is 48.3. The minimum absolute atomic E-state index is 0.0268. The second-order valence-corrected chi connectivity index (χ2v) is 21.7. The summed E-state index contributed by atoms with van der Waals surface area (Å²) in [6.45, 7) is 22.9. The minimum Gasteiger partial charge on any atom is -0.458 e. The predicted octanol–water partition coefficient (Wildman–Crippen LogP) is 15.8. The summed E-state index contributed by atoms with van der Waals surface area (Å²) in [6.07, 6.45) is 8.06. The largest absolute Gasteiger partial charge is 0.458 e. The van der Waals surface area contributed by atoms with Crippen molar-refractivity contribution in [1.82, 2.24) is 14.1 Å². The number of nitrogens with zero attached hydrogens (tertiary/aromatic N) is 4. The Morgan fingerprint density at radius 1 is 0.464 bits per heavy atom. The fourth-order valence-electron chi connectivity index (χ4n) is 9.72. The number of hydrogen-bond donors (Lipinski definition) is 0. The van der Waals surface area contributed by atoms with Crippen molar-refractivity contribution in [1.29, 1.82) is 0 Å². The first kappa shape index (κ1) is 45.3. The summed E-state index contributed by atoms with van der Waals surface area (Å²) < 4.78 is 13.7. The van der Waals surface area contributed by atoms with Crippen LogP contribution in [0.5, 0.6) is 11.5 Å². The Bertz CT molecular complexity index is 3400. The van der Waals surface area contributed by atoms with Crippen LogP contribution in [0, 0.1) is 6.33 Å². The van der Waals surface area contributed by atoms with E-state index < -0.39 is 0 Å². The number of para-hydroxylation sites is 1. The van der Waals surface area contributed by atoms with E-state index in [9.17, 15) is 0 Å². The van der Waals surface area contributed by atoms with Crippen molar-refractivity contribution in [3.63, 3.8) is 0 Å². The molecule has 5 heteroatoms. The molecule has 0 spiro atoms. The molecular formula is C64H62N4O. The van der Waals surface area contributed by atoms with Crippen molar-refractivity contribution < 1.29 is 9.30 Å². The van der Waals surface area contributed by atoms with Gasteiger partial charge in [0.25, 0.3) is 6.33 Å². The van der Waals surface area contributed by atoms with E-state index in [4.69, 9.17) is 9.72 Å². The summed E-state index contributed by atoms with van der Waals surface area (Å²) >= 11 is 0. The fraction of sp³-hybridized carbons (Fsp3) is 0.219. The first-order valence-corrected chi connectivity index (χ1v) is 24.2. The molecule has 0 N–H and O–H groups in total. The number of aromatic nitrogens is 4. The van der Waals surface area contributed by atoms with Crippen LogP contribution < -0.4 is 9.30 Å². The van der Waals surface area contributed by atoms with Crippen molar-refractivity contribution in [2.24, 2.45) is 0 Å². The summed E-state index contributed by atoms with van der Waals surface area (Å²) in [7, 11) is 0. The van der Waals surface area contributed by atoms with Gasteiger partial charge in [0.05, 0.1) is 28.1 Å². The summed E-state index contributed by atoms with van der Waals surface area (Å²) in [4.78, 5) is 4.93. The van der Waals surface area contributed by atoms with Crippen molar-refractivity contribution in [2.45, 2.75) is 90.9 Å². The summed E-state index contributed by atoms with van der Waals surface area (Å²) in [5, 5.41) is 2.32. The van der Waals surface area contributed by atoms with Gasteiger partial charge in [-0.2, -0.15) is 0 Å². The number of benzene rings is 7. The van der Waals surface area contributed by atoms with Crippen LogP contribution in [0.3, 0.4) is 0 Å². The van der Waals surface area contributed by atoms with Crippen LogP contribution in [-0.4, -0.2) is 14.1 Å². The van der Waals surface area contributed by atoms with E-state index in [2.05, 4.69) is 277 Å². The van der Waals surface area contributed by atoms with Crippen LogP contribution in [0.25, 0.3) is 50.1 Å². The third-order valence-electron chi connectivity index (χ3n) is 14.1. The number of fused-ring (bicyclic) bond motifs is 3.